The molecule has 7 nitrogen and oxygen atoms in total. The molecule has 0 bridgehead atoms. The number of hydrogen-bond donors (Lipinski definition) is 1. The minimum atomic E-state index is -3.83. The Morgan fingerprint density at radius 3 is 2.45 bits per heavy atom. The van der Waals surface area contributed by atoms with Gasteiger partial charge in [0, 0.05) is 25.2 Å². The molecule has 0 heterocycles. The SMILES string of the molecule is CCN(CC(C)C)S(=O)(=O)c1cc([N+](=O)[O-])ccc1N. The minimum absolute atomic E-state index is 0.0119. The van der Waals surface area contributed by atoms with Crippen molar-refractivity contribution >= 4 is 21.4 Å². The van der Waals surface area contributed by atoms with Crippen LogP contribution in [0.1, 0.15) is 20.8 Å². The lowest BCUT2D eigenvalue weighted by Gasteiger charge is -2.23. The lowest BCUT2D eigenvalue weighted by atomic mass is 10.2. The van der Waals surface area contributed by atoms with Crippen molar-refractivity contribution in [3.05, 3.63) is 28.3 Å². The van der Waals surface area contributed by atoms with Gasteiger partial charge in [-0.25, -0.2) is 8.42 Å². The van der Waals surface area contributed by atoms with E-state index in [1.165, 1.54) is 16.4 Å². The standard InChI is InChI=1S/C12H19N3O4S/c1-4-14(8-9(2)3)20(18,19)12-7-10(15(16)17)5-6-11(12)13/h5-7,9H,4,8,13H2,1-3H3. The second-order valence-electron chi connectivity index (χ2n) is 4.83. The van der Waals surface area contributed by atoms with Crippen LogP contribution in [0.3, 0.4) is 0 Å². The number of benzene rings is 1. The Morgan fingerprint density at radius 1 is 1.40 bits per heavy atom. The molecular weight excluding hydrogens is 282 g/mol. The maximum Gasteiger partial charge on any atom is 0.270 e. The van der Waals surface area contributed by atoms with Crippen molar-refractivity contribution in [2.45, 2.75) is 25.7 Å². The number of nitrogens with two attached hydrogens (primary N) is 1. The van der Waals surface area contributed by atoms with Gasteiger partial charge < -0.3 is 5.73 Å². The Balaban J connectivity index is 3.33. The van der Waals surface area contributed by atoms with Crippen LogP contribution in [-0.4, -0.2) is 30.7 Å². The fraction of sp³-hybridized carbons (Fsp3) is 0.500. The zero-order valence-corrected chi connectivity index (χ0v) is 12.6. The Kier molecular flexibility index (Phi) is 5.07. The summed E-state index contributed by atoms with van der Waals surface area (Å²) in [4.78, 5) is 9.91. The van der Waals surface area contributed by atoms with E-state index in [4.69, 9.17) is 5.73 Å². The molecule has 0 spiro atoms. The average molecular weight is 301 g/mol. The van der Waals surface area contributed by atoms with Crippen molar-refractivity contribution < 1.29 is 13.3 Å². The Labute approximate surface area is 118 Å². The predicted molar refractivity (Wildman–Crippen MR) is 76.8 cm³/mol. The van der Waals surface area contributed by atoms with Crippen LogP contribution >= 0.6 is 0 Å². The maximum atomic E-state index is 12.5. The smallest absolute Gasteiger partial charge is 0.270 e. The van der Waals surface area contributed by atoms with Gasteiger partial charge in [-0.3, -0.25) is 10.1 Å². The first-order valence-corrected chi connectivity index (χ1v) is 7.68. The van der Waals surface area contributed by atoms with E-state index in [0.717, 1.165) is 6.07 Å². The monoisotopic (exact) mass is 301 g/mol. The summed E-state index contributed by atoms with van der Waals surface area (Å²) in [5, 5.41) is 10.8. The molecule has 1 aromatic carbocycles. The number of rotatable bonds is 6. The molecule has 112 valence electrons. The van der Waals surface area contributed by atoms with Crippen LogP contribution in [0.2, 0.25) is 0 Å². The third-order valence-electron chi connectivity index (χ3n) is 2.75. The Morgan fingerprint density at radius 2 is 2.00 bits per heavy atom. The number of anilines is 1. The van der Waals surface area contributed by atoms with Crippen molar-refractivity contribution in [1.29, 1.82) is 0 Å². The normalized spacial score (nSPS) is 12.1. The molecule has 0 unspecified atom stereocenters. The van der Waals surface area contributed by atoms with E-state index in [1.54, 1.807) is 6.92 Å². The molecule has 0 saturated carbocycles. The van der Waals surface area contributed by atoms with Crippen LogP contribution in [0.4, 0.5) is 11.4 Å². The van der Waals surface area contributed by atoms with Crippen LogP contribution in [0.15, 0.2) is 23.1 Å². The number of non-ortho nitro benzene ring substituents is 1. The van der Waals surface area contributed by atoms with Gasteiger partial charge in [-0.15, -0.1) is 0 Å². The van der Waals surface area contributed by atoms with Gasteiger partial charge >= 0.3 is 0 Å². The third-order valence-corrected chi connectivity index (χ3v) is 4.74. The van der Waals surface area contributed by atoms with Gasteiger partial charge in [0.25, 0.3) is 5.69 Å². The summed E-state index contributed by atoms with van der Waals surface area (Å²) in [5.41, 5.74) is 5.39. The highest BCUT2D eigenvalue weighted by Gasteiger charge is 2.27. The molecule has 0 aliphatic rings. The molecule has 0 radical (unpaired) electrons. The first-order valence-electron chi connectivity index (χ1n) is 6.24. The molecule has 0 atom stereocenters. The molecule has 2 N–H and O–H groups in total. The number of nitrogen functional groups attached to an aromatic ring is 1. The maximum absolute atomic E-state index is 12.5. The van der Waals surface area contributed by atoms with E-state index in [-0.39, 0.29) is 28.7 Å². The Bertz CT molecular complexity index is 599. The fourth-order valence-corrected chi connectivity index (χ4v) is 3.55. The summed E-state index contributed by atoms with van der Waals surface area (Å²) in [6, 6.07) is 3.44. The highest BCUT2D eigenvalue weighted by atomic mass is 32.2. The van der Waals surface area contributed by atoms with E-state index in [2.05, 4.69) is 0 Å². The fourth-order valence-electron chi connectivity index (χ4n) is 1.80. The molecule has 0 aliphatic heterocycles. The first kappa shape index (κ1) is 16.4. The summed E-state index contributed by atoms with van der Waals surface area (Å²) in [6.45, 7) is 6.13. The zero-order chi connectivity index (χ0) is 15.5. The van der Waals surface area contributed by atoms with E-state index in [1.807, 2.05) is 13.8 Å². The Hall–Kier alpha value is -1.67. The van der Waals surface area contributed by atoms with Crippen molar-refractivity contribution in [1.82, 2.24) is 4.31 Å². The van der Waals surface area contributed by atoms with E-state index >= 15 is 0 Å². The minimum Gasteiger partial charge on any atom is -0.398 e. The quantitative estimate of drug-likeness (QED) is 0.490. The third kappa shape index (κ3) is 3.45. The number of nitro groups is 1. The lowest BCUT2D eigenvalue weighted by Crippen LogP contribution is -2.34. The second-order valence-corrected chi connectivity index (χ2v) is 6.74. The summed E-state index contributed by atoms with van der Waals surface area (Å²) in [6.07, 6.45) is 0. The molecule has 0 saturated heterocycles. The van der Waals surface area contributed by atoms with Gasteiger partial charge in [0.2, 0.25) is 10.0 Å². The lowest BCUT2D eigenvalue weighted by molar-refractivity contribution is -0.385. The topological polar surface area (TPSA) is 107 Å². The van der Waals surface area contributed by atoms with Crippen molar-refractivity contribution in [2.24, 2.45) is 5.92 Å². The van der Waals surface area contributed by atoms with Gasteiger partial charge in [-0.2, -0.15) is 4.31 Å². The predicted octanol–water partition coefficient (Wildman–Crippen LogP) is 1.84. The zero-order valence-electron chi connectivity index (χ0n) is 11.7. The summed E-state index contributed by atoms with van der Waals surface area (Å²) in [5.74, 6) is 0.143. The van der Waals surface area contributed by atoms with Crippen molar-refractivity contribution in [3.8, 4) is 0 Å². The molecule has 20 heavy (non-hydrogen) atoms. The molecule has 1 rings (SSSR count). The summed E-state index contributed by atoms with van der Waals surface area (Å²) < 4.78 is 26.3. The average Bonchev–Trinajstić information content (AvgIpc) is 2.35. The van der Waals surface area contributed by atoms with Gasteiger partial charge in [-0.1, -0.05) is 20.8 Å². The molecular formula is C12H19N3O4S. The first-order chi connectivity index (χ1) is 9.20. The van der Waals surface area contributed by atoms with Gasteiger partial charge in [0.1, 0.15) is 4.90 Å². The van der Waals surface area contributed by atoms with E-state index in [9.17, 15) is 18.5 Å². The second kappa shape index (κ2) is 6.19. The number of sulfonamides is 1. The highest BCUT2D eigenvalue weighted by Crippen LogP contribution is 2.27. The largest absolute Gasteiger partial charge is 0.398 e. The summed E-state index contributed by atoms with van der Waals surface area (Å²) in [7, 11) is -3.83. The van der Waals surface area contributed by atoms with Crippen molar-refractivity contribution in [3.63, 3.8) is 0 Å². The van der Waals surface area contributed by atoms with Crippen LogP contribution in [-0.2, 0) is 10.0 Å². The number of nitro benzene ring substituents is 1. The van der Waals surface area contributed by atoms with Crippen LogP contribution in [0.25, 0.3) is 0 Å². The molecule has 0 fully saturated rings. The van der Waals surface area contributed by atoms with Crippen LogP contribution < -0.4 is 5.73 Å². The van der Waals surface area contributed by atoms with Crippen LogP contribution in [0.5, 0.6) is 0 Å². The highest BCUT2D eigenvalue weighted by molar-refractivity contribution is 7.89. The molecule has 0 aliphatic carbocycles. The number of nitrogens with zero attached hydrogens (tertiary/aromatic N) is 2. The summed E-state index contributed by atoms with van der Waals surface area (Å²) >= 11 is 0. The van der Waals surface area contributed by atoms with Crippen LogP contribution in [0, 0.1) is 16.0 Å². The van der Waals surface area contributed by atoms with E-state index in [0.29, 0.717) is 6.54 Å². The van der Waals surface area contributed by atoms with Gasteiger partial charge in [0.05, 0.1) is 10.6 Å². The van der Waals surface area contributed by atoms with E-state index < -0.39 is 14.9 Å². The molecule has 0 aromatic heterocycles. The number of hydrogen-bond acceptors (Lipinski definition) is 5. The molecule has 0 amide bonds. The van der Waals surface area contributed by atoms with Crippen molar-refractivity contribution in [2.75, 3.05) is 18.8 Å². The molecule has 1 aromatic rings. The molecule has 8 heteroatoms. The van der Waals surface area contributed by atoms with Gasteiger partial charge in [-0.05, 0) is 12.0 Å². The van der Waals surface area contributed by atoms with Gasteiger partial charge in [0.15, 0.2) is 0 Å².